The second kappa shape index (κ2) is 6.69. The highest BCUT2D eigenvalue weighted by Crippen LogP contribution is 2.40. The van der Waals surface area contributed by atoms with Gasteiger partial charge in [-0.1, -0.05) is 0 Å². The van der Waals surface area contributed by atoms with Gasteiger partial charge in [0.15, 0.2) is 15.7 Å². The standard InChI is InChI=1S/C20H24N4O4S/c1-11(13-5-6-13)24-10-15-7-14(8-17(29(4,27)28)19(15)20(24)26)16-9-18(21-12(2)25)22-23(16)3/h7-9,11,13H,5-6,10H2,1-4H3,(H,21,22,25)/t11-/m0/s1. The zero-order valence-electron chi connectivity index (χ0n) is 16.9. The minimum atomic E-state index is -3.62. The van der Waals surface area contributed by atoms with Crippen LogP contribution in [0.5, 0.6) is 0 Å². The number of carbonyl (C=O) groups is 2. The molecule has 4 rings (SSSR count). The molecule has 1 aliphatic carbocycles. The van der Waals surface area contributed by atoms with E-state index >= 15 is 0 Å². The van der Waals surface area contributed by atoms with Crippen LogP contribution in [0.2, 0.25) is 0 Å². The van der Waals surface area contributed by atoms with Crippen LogP contribution >= 0.6 is 0 Å². The average Bonchev–Trinajstić information content (AvgIpc) is 3.33. The highest BCUT2D eigenvalue weighted by Gasteiger charge is 2.40. The lowest BCUT2D eigenvalue weighted by molar-refractivity contribution is -0.114. The topological polar surface area (TPSA) is 101 Å². The van der Waals surface area contributed by atoms with Crippen molar-refractivity contribution < 1.29 is 18.0 Å². The molecule has 0 radical (unpaired) electrons. The summed E-state index contributed by atoms with van der Waals surface area (Å²) >= 11 is 0. The van der Waals surface area contributed by atoms with Crippen molar-refractivity contribution in [3.05, 3.63) is 29.3 Å². The minimum Gasteiger partial charge on any atom is -0.331 e. The molecule has 0 bridgehead atoms. The molecule has 1 aliphatic heterocycles. The summed E-state index contributed by atoms with van der Waals surface area (Å²) in [6, 6.07) is 5.17. The lowest BCUT2D eigenvalue weighted by atomic mass is 10.0. The second-order valence-corrected chi connectivity index (χ2v) is 10.00. The van der Waals surface area contributed by atoms with Gasteiger partial charge in [0.05, 0.1) is 16.2 Å². The van der Waals surface area contributed by atoms with E-state index in [0.29, 0.717) is 35.1 Å². The first kappa shape index (κ1) is 19.6. The number of hydrogen-bond acceptors (Lipinski definition) is 5. The fourth-order valence-corrected chi connectivity index (χ4v) is 4.95. The Labute approximate surface area is 169 Å². The van der Waals surface area contributed by atoms with E-state index in [1.165, 1.54) is 13.0 Å². The van der Waals surface area contributed by atoms with E-state index in [-0.39, 0.29) is 28.3 Å². The van der Waals surface area contributed by atoms with Gasteiger partial charge in [-0.3, -0.25) is 14.3 Å². The Kier molecular flexibility index (Phi) is 4.53. The van der Waals surface area contributed by atoms with Gasteiger partial charge in [-0.2, -0.15) is 5.10 Å². The molecule has 1 aromatic carbocycles. The molecule has 1 saturated carbocycles. The zero-order valence-corrected chi connectivity index (χ0v) is 17.7. The fourth-order valence-electron chi connectivity index (χ4n) is 4.02. The predicted molar refractivity (Wildman–Crippen MR) is 108 cm³/mol. The number of sulfone groups is 1. The summed E-state index contributed by atoms with van der Waals surface area (Å²) in [7, 11) is -1.89. The Morgan fingerprint density at radius 1 is 1.28 bits per heavy atom. The number of nitrogens with zero attached hydrogens (tertiary/aromatic N) is 3. The smallest absolute Gasteiger partial charge is 0.256 e. The number of benzene rings is 1. The first-order valence-electron chi connectivity index (χ1n) is 9.56. The molecular weight excluding hydrogens is 392 g/mol. The minimum absolute atomic E-state index is 0.0442. The quantitative estimate of drug-likeness (QED) is 0.805. The van der Waals surface area contributed by atoms with Gasteiger partial charge in [0.25, 0.3) is 5.91 Å². The van der Waals surface area contributed by atoms with Crippen molar-refractivity contribution in [2.75, 3.05) is 11.6 Å². The first-order valence-corrected chi connectivity index (χ1v) is 11.5. The van der Waals surface area contributed by atoms with Crippen molar-refractivity contribution in [2.24, 2.45) is 13.0 Å². The van der Waals surface area contributed by atoms with Crippen molar-refractivity contribution in [3.63, 3.8) is 0 Å². The summed E-state index contributed by atoms with van der Waals surface area (Å²) in [5, 5.41) is 6.89. The van der Waals surface area contributed by atoms with Gasteiger partial charge < -0.3 is 10.2 Å². The number of hydrogen-bond donors (Lipinski definition) is 1. The van der Waals surface area contributed by atoms with E-state index in [2.05, 4.69) is 10.4 Å². The lowest BCUT2D eigenvalue weighted by Gasteiger charge is -2.24. The van der Waals surface area contributed by atoms with Gasteiger partial charge in [-0.15, -0.1) is 0 Å². The van der Waals surface area contributed by atoms with Gasteiger partial charge in [0.1, 0.15) is 0 Å². The van der Waals surface area contributed by atoms with Crippen molar-refractivity contribution in [1.29, 1.82) is 0 Å². The molecule has 1 aromatic heterocycles. The molecule has 2 aliphatic rings. The average molecular weight is 417 g/mol. The zero-order chi connectivity index (χ0) is 21.1. The fraction of sp³-hybridized carbons (Fsp3) is 0.450. The summed E-state index contributed by atoms with van der Waals surface area (Å²) < 4.78 is 26.6. The molecule has 8 nitrogen and oxygen atoms in total. The molecule has 2 heterocycles. The molecule has 1 atom stereocenters. The van der Waals surface area contributed by atoms with Crippen molar-refractivity contribution in [1.82, 2.24) is 14.7 Å². The van der Waals surface area contributed by atoms with Crippen LogP contribution in [0.3, 0.4) is 0 Å². The number of aryl methyl sites for hydroxylation is 1. The second-order valence-electron chi connectivity index (χ2n) is 8.01. The molecule has 154 valence electrons. The van der Waals surface area contributed by atoms with Crippen LogP contribution in [-0.2, 0) is 28.2 Å². The summed E-state index contributed by atoms with van der Waals surface area (Å²) in [5.41, 5.74) is 2.29. The normalized spacial score (nSPS) is 17.4. The molecule has 0 spiro atoms. The molecule has 29 heavy (non-hydrogen) atoms. The van der Waals surface area contributed by atoms with Gasteiger partial charge in [-0.05, 0) is 43.4 Å². The van der Waals surface area contributed by atoms with Crippen molar-refractivity contribution in [3.8, 4) is 11.3 Å². The van der Waals surface area contributed by atoms with E-state index in [9.17, 15) is 18.0 Å². The molecule has 9 heteroatoms. The van der Waals surface area contributed by atoms with E-state index in [1.54, 1.807) is 22.7 Å². The molecular formula is C20H24N4O4S. The van der Waals surface area contributed by atoms with Crippen LogP contribution in [0.1, 0.15) is 42.6 Å². The van der Waals surface area contributed by atoms with Crippen molar-refractivity contribution in [2.45, 2.75) is 44.2 Å². The number of aromatic nitrogens is 2. The monoisotopic (exact) mass is 416 g/mol. The maximum Gasteiger partial charge on any atom is 0.256 e. The third kappa shape index (κ3) is 3.55. The summed E-state index contributed by atoms with van der Waals surface area (Å²) in [5.74, 6) is 0.425. The maximum atomic E-state index is 13.1. The lowest BCUT2D eigenvalue weighted by Crippen LogP contribution is -2.35. The van der Waals surface area contributed by atoms with Gasteiger partial charge >= 0.3 is 0 Å². The molecule has 1 N–H and O–H groups in total. The molecule has 2 aromatic rings. The molecule has 0 saturated heterocycles. The number of rotatable bonds is 5. The predicted octanol–water partition coefficient (Wildman–Crippen LogP) is 2.20. The van der Waals surface area contributed by atoms with Crippen LogP contribution < -0.4 is 5.32 Å². The molecule has 2 amide bonds. The van der Waals surface area contributed by atoms with Crippen LogP contribution in [0.15, 0.2) is 23.1 Å². The molecule has 0 unspecified atom stereocenters. The Morgan fingerprint density at radius 3 is 2.55 bits per heavy atom. The summed E-state index contributed by atoms with van der Waals surface area (Å²) in [4.78, 5) is 26.2. The Balaban J connectivity index is 1.82. The summed E-state index contributed by atoms with van der Waals surface area (Å²) in [6.45, 7) is 3.83. The summed E-state index contributed by atoms with van der Waals surface area (Å²) in [6.07, 6.45) is 3.33. The third-order valence-electron chi connectivity index (χ3n) is 5.67. The molecule has 1 fully saturated rings. The number of nitrogens with one attached hydrogen (secondary N) is 1. The SMILES string of the molecule is CC(=O)Nc1cc(-c2cc3c(c(S(C)(=O)=O)c2)C(=O)N([C@@H](C)C2CC2)C3)n(C)n1. The van der Waals surface area contributed by atoms with E-state index < -0.39 is 9.84 Å². The van der Waals surface area contributed by atoms with Gasteiger partial charge in [-0.25, -0.2) is 8.42 Å². The largest absolute Gasteiger partial charge is 0.331 e. The van der Waals surface area contributed by atoms with Crippen molar-refractivity contribution >= 4 is 27.5 Å². The number of amides is 2. The van der Waals surface area contributed by atoms with E-state index in [1.807, 2.05) is 13.0 Å². The third-order valence-corrected chi connectivity index (χ3v) is 6.80. The van der Waals surface area contributed by atoms with E-state index in [0.717, 1.165) is 19.1 Å². The maximum absolute atomic E-state index is 13.1. The van der Waals surface area contributed by atoms with Gasteiger partial charge in [0.2, 0.25) is 5.91 Å². The van der Waals surface area contributed by atoms with Crippen LogP contribution in [0.25, 0.3) is 11.3 Å². The highest BCUT2D eigenvalue weighted by atomic mass is 32.2. The van der Waals surface area contributed by atoms with E-state index in [4.69, 9.17) is 0 Å². The highest BCUT2D eigenvalue weighted by molar-refractivity contribution is 7.90. The Hall–Kier alpha value is -2.68. The number of anilines is 1. The number of fused-ring (bicyclic) bond motifs is 1. The van der Waals surface area contributed by atoms with Crippen LogP contribution in [0.4, 0.5) is 5.82 Å². The number of carbonyl (C=O) groups excluding carboxylic acids is 2. The Morgan fingerprint density at radius 2 is 1.97 bits per heavy atom. The van der Waals surface area contributed by atoms with Crippen LogP contribution in [0, 0.1) is 5.92 Å². The van der Waals surface area contributed by atoms with Gasteiger partial charge in [0, 0.05) is 44.4 Å². The van der Waals surface area contributed by atoms with Crippen LogP contribution in [-0.4, -0.2) is 47.2 Å². The first-order chi connectivity index (χ1) is 13.6. The Bertz CT molecular complexity index is 1130.